The third-order valence-corrected chi connectivity index (χ3v) is 4.41. The molecule has 0 radical (unpaired) electrons. The Hall–Kier alpha value is -1.24. The summed E-state index contributed by atoms with van der Waals surface area (Å²) in [6, 6.07) is 4.58. The first kappa shape index (κ1) is 13.7. The summed E-state index contributed by atoms with van der Waals surface area (Å²) in [4.78, 5) is 7.74. The lowest BCUT2D eigenvalue weighted by Gasteiger charge is -2.27. The minimum Gasteiger partial charge on any atom is -0.333 e. The number of nitrogens with zero attached hydrogens (tertiary/aromatic N) is 3. The van der Waals surface area contributed by atoms with Crippen molar-refractivity contribution in [2.75, 3.05) is 20.1 Å². The van der Waals surface area contributed by atoms with Crippen LogP contribution in [0.25, 0.3) is 10.8 Å². The van der Waals surface area contributed by atoms with Gasteiger partial charge in [0, 0.05) is 12.6 Å². The van der Waals surface area contributed by atoms with Crippen LogP contribution in [0.5, 0.6) is 0 Å². The molecule has 3 rings (SSSR count). The number of likely N-dealkylation sites (N-methyl/N-ethyl adjacent to an activating group) is 1. The molecule has 2 aromatic rings. The highest BCUT2D eigenvalue weighted by atomic mass is 32.1. The summed E-state index contributed by atoms with van der Waals surface area (Å²) >= 11 is 1.62. The fourth-order valence-corrected chi connectivity index (χ4v) is 3.23. The molecule has 2 aromatic heterocycles. The van der Waals surface area contributed by atoms with Crippen LogP contribution in [-0.4, -0.2) is 41.2 Å². The average Bonchev–Trinajstić information content (AvgIpc) is 3.10. The van der Waals surface area contributed by atoms with Gasteiger partial charge in [-0.1, -0.05) is 17.6 Å². The van der Waals surface area contributed by atoms with Crippen LogP contribution in [0.2, 0.25) is 0 Å². The van der Waals surface area contributed by atoms with E-state index in [1.54, 1.807) is 11.3 Å². The molecule has 0 aromatic carbocycles. The fourth-order valence-electron chi connectivity index (χ4n) is 2.58. The van der Waals surface area contributed by atoms with Gasteiger partial charge in [0.15, 0.2) is 5.82 Å². The number of hydrogen-bond acceptors (Lipinski definition) is 6. The predicted octanol–water partition coefficient (Wildman–Crippen LogP) is 2.37. The molecule has 1 N–H and O–H groups in total. The van der Waals surface area contributed by atoms with Crippen LogP contribution in [0, 0.1) is 0 Å². The van der Waals surface area contributed by atoms with Crippen molar-refractivity contribution < 1.29 is 4.52 Å². The Morgan fingerprint density at radius 2 is 2.45 bits per heavy atom. The molecule has 1 saturated heterocycles. The van der Waals surface area contributed by atoms with Crippen molar-refractivity contribution in [1.29, 1.82) is 0 Å². The quantitative estimate of drug-likeness (QED) is 0.917. The SMILES string of the molecule is CN(Cc1noc(-c2cccs2)n1)CC1CCCCN1. The van der Waals surface area contributed by atoms with Crippen LogP contribution in [0.1, 0.15) is 25.1 Å². The topological polar surface area (TPSA) is 54.2 Å². The lowest BCUT2D eigenvalue weighted by molar-refractivity contribution is 0.249. The van der Waals surface area contributed by atoms with Crippen LogP contribution >= 0.6 is 11.3 Å². The molecule has 108 valence electrons. The molecule has 1 aliphatic heterocycles. The summed E-state index contributed by atoms with van der Waals surface area (Å²) in [5, 5.41) is 9.64. The van der Waals surface area contributed by atoms with Crippen molar-refractivity contribution in [2.24, 2.45) is 0 Å². The van der Waals surface area contributed by atoms with E-state index in [0.717, 1.165) is 30.3 Å². The van der Waals surface area contributed by atoms with Crippen molar-refractivity contribution in [3.63, 3.8) is 0 Å². The number of thiophene rings is 1. The summed E-state index contributed by atoms with van der Waals surface area (Å²) in [6.45, 7) is 2.90. The van der Waals surface area contributed by atoms with Gasteiger partial charge in [-0.25, -0.2) is 0 Å². The van der Waals surface area contributed by atoms with E-state index < -0.39 is 0 Å². The third kappa shape index (κ3) is 3.45. The van der Waals surface area contributed by atoms with Gasteiger partial charge in [-0.15, -0.1) is 11.3 Å². The Morgan fingerprint density at radius 1 is 1.50 bits per heavy atom. The number of rotatable bonds is 5. The molecule has 1 fully saturated rings. The van der Waals surface area contributed by atoms with E-state index in [0.29, 0.717) is 11.9 Å². The molecular weight excluding hydrogens is 272 g/mol. The van der Waals surface area contributed by atoms with Gasteiger partial charge < -0.3 is 9.84 Å². The lowest BCUT2D eigenvalue weighted by Crippen LogP contribution is -2.42. The van der Waals surface area contributed by atoms with E-state index >= 15 is 0 Å². The molecule has 1 aliphatic rings. The molecule has 6 heteroatoms. The standard InChI is InChI=1S/C14H20N4OS/c1-18(9-11-5-2-3-7-15-11)10-13-16-14(19-17-13)12-6-4-8-20-12/h4,6,8,11,15H,2-3,5,7,9-10H2,1H3. The number of hydrogen-bond donors (Lipinski definition) is 1. The maximum atomic E-state index is 5.31. The van der Waals surface area contributed by atoms with Crippen molar-refractivity contribution in [1.82, 2.24) is 20.4 Å². The molecule has 0 spiro atoms. The van der Waals surface area contributed by atoms with Crippen LogP contribution in [0.3, 0.4) is 0 Å². The van der Waals surface area contributed by atoms with Gasteiger partial charge in [-0.05, 0) is 37.9 Å². The first-order valence-corrected chi connectivity index (χ1v) is 7.97. The number of piperidine rings is 1. The van der Waals surface area contributed by atoms with Crippen LogP contribution in [0.15, 0.2) is 22.0 Å². The maximum Gasteiger partial charge on any atom is 0.268 e. The van der Waals surface area contributed by atoms with Crippen LogP contribution < -0.4 is 5.32 Å². The van der Waals surface area contributed by atoms with Crippen LogP contribution in [0.4, 0.5) is 0 Å². The van der Waals surface area contributed by atoms with Gasteiger partial charge in [0.25, 0.3) is 5.89 Å². The second kappa shape index (κ2) is 6.47. The van der Waals surface area contributed by atoms with E-state index in [2.05, 4.69) is 27.4 Å². The first-order valence-electron chi connectivity index (χ1n) is 7.09. The first-order chi connectivity index (χ1) is 9.81. The van der Waals surface area contributed by atoms with Crippen molar-refractivity contribution in [3.8, 4) is 10.8 Å². The number of aromatic nitrogens is 2. The van der Waals surface area contributed by atoms with Gasteiger partial charge in [0.05, 0.1) is 11.4 Å². The van der Waals surface area contributed by atoms with E-state index in [1.807, 2.05) is 17.5 Å². The summed E-state index contributed by atoms with van der Waals surface area (Å²) in [7, 11) is 2.11. The Morgan fingerprint density at radius 3 is 3.20 bits per heavy atom. The van der Waals surface area contributed by atoms with Crippen molar-refractivity contribution in [3.05, 3.63) is 23.3 Å². The molecular formula is C14H20N4OS. The minimum atomic E-state index is 0.595. The summed E-state index contributed by atoms with van der Waals surface area (Å²) in [5.74, 6) is 1.38. The second-order valence-corrected chi connectivity index (χ2v) is 6.28. The molecule has 0 bridgehead atoms. The molecule has 1 atom stereocenters. The van der Waals surface area contributed by atoms with E-state index in [4.69, 9.17) is 4.52 Å². The second-order valence-electron chi connectivity index (χ2n) is 5.34. The summed E-state index contributed by atoms with van der Waals surface area (Å²) < 4.78 is 5.31. The Kier molecular flexibility index (Phi) is 4.44. The van der Waals surface area contributed by atoms with E-state index in [1.165, 1.54) is 19.3 Å². The Balaban J connectivity index is 1.54. The zero-order valence-corrected chi connectivity index (χ0v) is 12.5. The smallest absolute Gasteiger partial charge is 0.268 e. The van der Waals surface area contributed by atoms with E-state index in [-0.39, 0.29) is 0 Å². The highest BCUT2D eigenvalue weighted by Crippen LogP contribution is 2.22. The normalized spacial score (nSPS) is 19.6. The molecule has 0 aliphatic carbocycles. The van der Waals surface area contributed by atoms with Gasteiger partial charge in [-0.2, -0.15) is 4.98 Å². The third-order valence-electron chi connectivity index (χ3n) is 3.56. The summed E-state index contributed by atoms with van der Waals surface area (Å²) in [5.41, 5.74) is 0. The fraction of sp³-hybridized carbons (Fsp3) is 0.571. The van der Waals surface area contributed by atoms with Gasteiger partial charge in [-0.3, -0.25) is 4.90 Å². The summed E-state index contributed by atoms with van der Waals surface area (Å²) in [6.07, 6.45) is 3.89. The van der Waals surface area contributed by atoms with Gasteiger partial charge >= 0.3 is 0 Å². The van der Waals surface area contributed by atoms with E-state index in [9.17, 15) is 0 Å². The molecule has 0 saturated carbocycles. The Bertz CT molecular complexity index is 519. The van der Waals surface area contributed by atoms with Crippen molar-refractivity contribution in [2.45, 2.75) is 31.8 Å². The molecule has 5 nitrogen and oxygen atoms in total. The van der Waals surface area contributed by atoms with Crippen LogP contribution in [-0.2, 0) is 6.54 Å². The highest BCUT2D eigenvalue weighted by molar-refractivity contribution is 7.13. The van der Waals surface area contributed by atoms with Crippen molar-refractivity contribution >= 4 is 11.3 Å². The minimum absolute atomic E-state index is 0.595. The monoisotopic (exact) mass is 292 g/mol. The average molecular weight is 292 g/mol. The highest BCUT2D eigenvalue weighted by Gasteiger charge is 2.16. The number of nitrogens with one attached hydrogen (secondary N) is 1. The maximum absolute atomic E-state index is 5.31. The molecule has 0 amide bonds. The molecule has 3 heterocycles. The molecule has 1 unspecified atom stereocenters. The predicted molar refractivity (Wildman–Crippen MR) is 79.6 cm³/mol. The van der Waals surface area contributed by atoms with Gasteiger partial charge in [0.1, 0.15) is 0 Å². The Labute approximate surface area is 123 Å². The zero-order valence-electron chi connectivity index (χ0n) is 11.7. The van der Waals surface area contributed by atoms with Gasteiger partial charge in [0.2, 0.25) is 0 Å². The zero-order chi connectivity index (χ0) is 13.8. The molecule has 20 heavy (non-hydrogen) atoms. The largest absolute Gasteiger partial charge is 0.333 e. The lowest BCUT2D eigenvalue weighted by atomic mass is 10.0.